The standard InChI is InChI=1S/C60H43NO/c1-2-3-25-49(36-47-24-16-29-55-58-37-44-21-10-11-22-45(44)39-59(58)62-60(47)55)61(50-34-35-52(41-17-6-4-7-18-41)57(40-50)42-19-8-5-9-20-42)48-32-30-43(31-33-48)56-38-46-23-12-13-26-51(46)53-27-14-15-28-54(53)56/h2-4,6-8,10-40H,1,5,9H2/b25-3-,49-36-. The topological polar surface area (TPSA) is 16.4 Å². The number of hydrogen-bond donors (Lipinski definition) is 0. The third-order valence-electron chi connectivity index (χ3n) is 12.2. The predicted octanol–water partition coefficient (Wildman–Crippen LogP) is 17.0. The lowest BCUT2D eigenvalue weighted by molar-refractivity contribution is 0.668. The first-order chi connectivity index (χ1) is 30.7. The van der Waals surface area contributed by atoms with Crippen molar-refractivity contribution in [3.8, 4) is 22.3 Å². The second kappa shape index (κ2) is 15.9. The van der Waals surface area contributed by atoms with E-state index in [9.17, 15) is 0 Å². The summed E-state index contributed by atoms with van der Waals surface area (Å²) in [7, 11) is 0. The highest BCUT2D eigenvalue weighted by Crippen LogP contribution is 2.42. The van der Waals surface area contributed by atoms with E-state index < -0.39 is 0 Å². The van der Waals surface area contributed by atoms with Gasteiger partial charge in [0.2, 0.25) is 0 Å². The summed E-state index contributed by atoms with van der Waals surface area (Å²) in [5.74, 6) is 0. The van der Waals surface area contributed by atoms with Crippen LogP contribution in [0, 0.1) is 0 Å². The molecule has 1 aliphatic carbocycles. The van der Waals surface area contributed by atoms with Gasteiger partial charge in [0.05, 0.1) is 0 Å². The van der Waals surface area contributed by atoms with E-state index in [0.29, 0.717) is 0 Å². The van der Waals surface area contributed by atoms with Crippen LogP contribution in [0.4, 0.5) is 11.4 Å². The van der Waals surface area contributed by atoms with Gasteiger partial charge in [-0.15, -0.1) is 0 Å². The first-order valence-corrected chi connectivity index (χ1v) is 21.4. The largest absolute Gasteiger partial charge is 0.455 e. The van der Waals surface area contributed by atoms with Crippen LogP contribution in [-0.4, -0.2) is 0 Å². The molecule has 0 atom stereocenters. The third-order valence-corrected chi connectivity index (χ3v) is 12.2. The summed E-state index contributed by atoms with van der Waals surface area (Å²) in [4.78, 5) is 2.36. The molecule has 2 heteroatoms. The number of fused-ring (bicyclic) bond motifs is 7. The van der Waals surface area contributed by atoms with Crippen molar-refractivity contribution in [2.75, 3.05) is 4.90 Å². The zero-order valence-corrected chi connectivity index (χ0v) is 34.3. The Bertz CT molecular complexity index is 3470. The monoisotopic (exact) mass is 793 g/mol. The minimum Gasteiger partial charge on any atom is -0.455 e. The van der Waals surface area contributed by atoms with Gasteiger partial charge in [0.15, 0.2) is 0 Å². The molecule has 0 spiro atoms. The lowest BCUT2D eigenvalue weighted by Gasteiger charge is -2.28. The first kappa shape index (κ1) is 37.1. The molecule has 0 radical (unpaired) electrons. The van der Waals surface area contributed by atoms with E-state index in [1.54, 1.807) is 0 Å². The molecule has 0 fully saturated rings. The van der Waals surface area contributed by atoms with E-state index in [2.05, 4.69) is 224 Å². The molecule has 0 saturated carbocycles. The number of nitrogens with zero attached hydrogens (tertiary/aromatic N) is 1. The van der Waals surface area contributed by atoms with Gasteiger partial charge in [-0.3, -0.25) is 0 Å². The average Bonchev–Trinajstić information content (AvgIpc) is 3.71. The molecule has 11 rings (SSSR count). The van der Waals surface area contributed by atoms with Gasteiger partial charge in [0.1, 0.15) is 11.2 Å². The fourth-order valence-electron chi connectivity index (χ4n) is 9.26. The number of furan rings is 1. The molecular weight excluding hydrogens is 751 g/mol. The zero-order valence-electron chi connectivity index (χ0n) is 34.3. The predicted molar refractivity (Wildman–Crippen MR) is 266 cm³/mol. The summed E-state index contributed by atoms with van der Waals surface area (Å²) in [6.07, 6.45) is 17.3. The SMILES string of the molecule is C=C/C=C\C(=C\c1cccc2c1oc1cc3ccccc3cc12)N(c1ccc(-c2cc3ccccc3c3ccccc23)cc1)c1ccc(-c2ccccc2)c(C2=CCCC=C2)c1. The van der Waals surface area contributed by atoms with Crippen LogP contribution >= 0.6 is 0 Å². The number of para-hydroxylation sites is 1. The van der Waals surface area contributed by atoms with Crippen molar-refractivity contribution >= 4 is 77.3 Å². The van der Waals surface area contributed by atoms with Crippen LogP contribution in [-0.2, 0) is 0 Å². The third kappa shape index (κ3) is 6.73. The smallest absolute Gasteiger partial charge is 0.142 e. The molecule has 2 nitrogen and oxygen atoms in total. The van der Waals surface area contributed by atoms with Crippen LogP contribution in [0.15, 0.2) is 235 Å². The van der Waals surface area contributed by atoms with E-state index in [1.807, 2.05) is 12.2 Å². The van der Waals surface area contributed by atoms with Crippen LogP contribution in [0.1, 0.15) is 24.0 Å². The van der Waals surface area contributed by atoms with E-state index in [-0.39, 0.29) is 0 Å². The van der Waals surface area contributed by atoms with Crippen molar-refractivity contribution in [3.63, 3.8) is 0 Å². The van der Waals surface area contributed by atoms with Crippen molar-refractivity contribution in [2.45, 2.75) is 12.8 Å². The van der Waals surface area contributed by atoms with Gasteiger partial charge in [-0.25, -0.2) is 0 Å². The fourth-order valence-corrected chi connectivity index (χ4v) is 9.26. The zero-order chi connectivity index (χ0) is 41.4. The molecule has 0 unspecified atom stereocenters. The van der Waals surface area contributed by atoms with Gasteiger partial charge in [-0.05, 0) is 133 Å². The minimum absolute atomic E-state index is 0.860. The maximum atomic E-state index is 6.76. The molecule has 9 aromatic carbocycles. The van der Waals surface area contributed by atoms with Crippen molar-refractivity contribution in [3.05, 3.63) is 242 Å². The average molecular weight is 794 g/mol. The van der Waals surface area contributed by atoms with Crippen LogP contribution in [0.2, 0.25) is 0 Å². The first-order valence-electron chi connectivity index (χ1n) is 21.4. The molecule has 294 valence electrons. The molecule has 1 heterocycles. The molecule has 0 aliphatic heterocycles. The summed E-state index contributed by atoms with van der Waals surface area (Å²) < 4.78 is 6.76. The van der Waals surface area contributed by atoms with Gasteiger partial charge in [0, 0.05) is 33.4 Å². The number of allylic oxidation sites excluding steroid dienone is 7. The lowest BCUT2D eigenvalue weighted by Crippen LogP contribution is -2.15. The van der Waals surface area contributed by atoms with Crippen molar-refractivity contribution < 1.29 is 4.42 Å². The van der Waals surface area contributed by atoms with E-state index >= 15 is 0 Å². The van der Waals surface area contributed by atoms with E-state index in [4.69, 9.17) is 4.42 Å². The van der Waals surface area contributed by atoms with Gasteiger partial charge in [0.25, 0.3) is 0 Å². The van der Waals surface area contributed by atoms with Crippen LogP contribution in [0.3, 0.4) is 0 Å². The molecule has 1 aliphatic rings. The molecule has 0 saturated heterocycles. The van der Waals surface area contributed by atoms with Crippen LogP contribution in [0.25, 0.3) is 88.2 Å². The molecule has 10 aromatic rings. The Morgan fingerprint density at radius 2 is 1.21 bits per heavy atom. The van der Waals surface area contributed by atoms with Crippen molar-refractivity contribution in [1.29, 1.82) is 0 Å². The second-order valence-corrected chi connectivity index (χ2v) is 16.0. The normalized spacial score (nSPS) is 13.2. The van der Waals surface area contributed by atoms with Crippen LogP contribution < -0.4 is 4.90 Å². The minimum atomic E-state index is 0.860. The Balaban J connectivity index is 1.12. The number of rotatable bonds is 9. The lowest BCUT2D eigenvalue weighted by atomic mass is 9.91. The molecule has 0 N–H and O–H groups in total. The summed E-state index contributed by atoms with van der Waals surface area (Å²) in [6.45, 7) is 4.10. The summed E-state index contributed by atoms with van der Waals surface area (Å²) >= 11 is 0. The van der Waals surface area contributed by atoms with Crippen molar-refractivity contribution in [1.82, 2.24) is 0 Å². The quantitative estimate of drug-likeness (QED) is 0.107. The number of benzene rings is 9. The van der Waals surface area contributed by atoms with E-state index in [1.165, 1.54) is 60.3 Å². The van der Waals surface area contributed by atoms with Crippen LogP contribution in [0.5, 0.6) is 0 Å². The summed E-state index contributed by atoms with van der Waals surface area (Å²) in [6, 6.07) is 65.8. The van der Waals surface area contributed by atoms with Gasteiger partial charge in [-0.1, -0.05) is 176 Å². The molecule has 62 heavy (non-hydrogen) atoms. The highest BCUT2D eigenvalue weighted by Gasteiger charge is 2.20. The maximum Gasteiger partial charge on any atom is 0.142 e. The summed E-state index contributed by atoms with van der Waals surface area (Å²) in [5.41, 5.74) is 13.0. The molecule has 0 bridgehead atoms. The Kier molecular flexibility index (Phi) is 9.52. The van der Waals surface area contributed by atoms with Gasteiger partial charge >= 0.3 is 0 Å². The Labute approximate surface area is 362 Å². The maximum absolute atomic E-state index is 6.76. The molecule has 0 amide bonds. The highest BCUT2D eigenvalue weighted by molar-refractivity contribution is 6.14. The molecular formula is C60H43NO. The fraction of sp³-hybridized carbons (Fsp3) is 0.0333. The van der Waals surface area contributed by atoms with Gasteiger partial charge < -0.3 is 9.32 Å². The molecule has 1 aromatic heterocycles. The Hall–Kier alpha value is -7.94. The van der Waals surface area contributed by atoms with Gasteiger partial charge in [-0.2, -0.15) is 0 Å². The number of anilines is 2. The van der Waals surface area contributed by atoms with Crippen molar-refractivity contribution in [2.24, 2.45) is 0 Å². The van der Waals surface area contributed by atoms with E-state index in [0.717, 1.165) is 62.8 Å². The highest BCUT2D eigenvalue weighted by atomic mass is 16.3. The Morgan fingerprint density at radius 3 is 2.00 bits per heavy atom. The summed E-state index contributed by atoms with van der Waals surface area (Å²) in [5, 5.41) is 9.57. The Morgan fingerprint density at radius 1 is 0.516 bits per heavy atom. The number of hydrogen-bond acceptors (Lipinski definition) is 2. The second-order valence-electron chi connectivity index (χ2n) is 16.0.